The van der Waals surface area contributed by atoms with Crippen molar-refractivity contribution in [1.82, 2.24) is 10.3 Å². The van der Waals surface area contributed by atoms with Gasteiger partial charge in [-0.1, -0.05) is 0 Å². The van der Waals surface area contributed by atoms with Crippen molar-refractivity contribution in [3.8, 4) is 0 Å². The number of hydrogen-bond donors (Lipinski definition) is 3. The van der Waals surface area contributed by atoms with Crippen LogP contribution in [0.15, 0.2) is 29.1 Å². The largest absolute Gasteiger partial charge is 0.383 e. The number of halogens is 1. The molecule has 0 spiro atoms. The second-order valence-corrected chi connectivity index (χ2v) is 4.12. The van der Waals surface area contributed by atoms with Crippen LogP contribution in [0.5, 0.6) is 0 Å². The summed E-state index contributed by atoms with van der Waals surface area (Å²) in [6.07, 6.45) is 0. The highest BCUT2D eigenvalue weighted by molar-refractivity contribution is 5.92. The summed E-state index contributed by atoms with van der Waals surface area (Å²) in [4.78, 5) is 25.1. The maximum atomic E-state index is 13.8. The average Bonchev–Trinajstić information content (AvgIpc) is 2.40. The molecule has 0 radical (unpaired) electrons. The van der Waals surface area contributed by atoms with E-state index < -0.39 is 11.8 Å². The molecule has 2 rings (SSSR count). The molecule has 0 aliphatic rings. The van der Waals surface area contributed by atoms with E-state index in [1.165, 1.54) is 19.2 Å². The molecule has 1 aromatic heterocycles. The average molecular weight is 279 g/mol. The lowest BCUT2D eigenvalue weighted by atomic mass is 10.2. The van der Waals surface area contributed by atoms with Gasteiger partial charge in [-0.15, -0.1) is 0 Å². The maximum Gasteiger partial charge on any atom is 0.319 e. The van der Waals surface area contributed by atoms with Crippen molar-refractivity contribution in [1.29, 1.82) is 0 Å². The van der Waals surface area contributed by atoms with Crippen molar-refractivity contribution in [3.05, 3.63) is 40.4 Å². The quantitative estimate of drug-likeness (QED) is 0.740. The Kier molecular flexibility index (Phi) is 4.31. The summed E-state index contributed by atoms with van der Waals surface area (Å²) in [6.45, 7) is 0.743. The number of rotatable bonds is 4. The van der Waals surface area contributed by atoms with Crippen molar-refractivity contribution in [3.63, 3.8) is 0 Å². The van der Waals surface area contributed by atoms with Gasteiger partial charge in [0.25, 0.3) is 0 Å². The van der Waals surface area contributed by atoms with Crippen molar-refractivity contribution < 1.29 is 13.9 Å². The number of anilines is 1. The van der Waals surface area contributed by atoms with Crippen LogP contribution < -0.4 is 16.2 Å². The number of H-pyrrole nitrogens is 1. The Labute approximate surface area is 113 Å². The summed E-state index contributed by atoms with van der Waals surface area (Å²) in [5.74, 6) is -0.604. The van der Waals surface area contributed by atoms with E-state index in [2.05, 4.69) is 15.6 Å². The van der Waals surface area contributed by atoms with Gasteiger partial charge < -0.3 is 20.4 Å². The molecule has 2 amide bonds. The van der Waals surface area contributed by atoms with Crippen molar-refractivity contribution >= 4 is 22.6 Å². The minimum Gasteiger partial charge on any atom is -0.383 e. The number of carbonyl (C=O) groups excluding carboxylic acids is 1. The summed E-state index contributed by atoms with van der Waals surface area (Å²) in [5.41, 5.74) is 0.0363. The number of urea groups is 1. The zero-order chi connectivity index (χ0) is 14.5. The van der Waals surface area contributed by atoms with Gasteiger partial charge >= 0.3 is 6.03 Å². The van der Waals surface area contributed by atoms with E-state index in [4.69, 9.17) is 4.74 Å². The van der Waals surface area contributed by atoms with E-state index in [1.807, 2.05) is 0 Å². The molecule has 3 N–H and O–H groups in total. The molecule has 7 heteroatoms. The van der Waals surface area contributed by atoms with Crippen molar-refractivity contribution in [2.24, 2.45) is 0 Å². The van der Waals surface area contributed by atoms with Crippen LogP contribution in [0, 0.1) is 5.82 Å². The Morgan fingerprint density at radius 3 is 2.95 bits per heavy atom. The molecule has 0 aliphatic heterocycles. The van der Waals surface area contributed by atoms with Gasteiger partial charge in [-0.3, -0.25) is 4.79 Å². The van der Waals surface area contributed by atoms with Crippen LogP contribution in [0.3, 0.4) is 0 Å². The predicted molar refractivity (Wildman–Crippen MR) is 73.4 cm³/mol. The maximum absolute atomic E-state index is 13.8. The van der Waals surface area contributed by atoms with Gasteiger partial charge in [0.2, 0.25) is 5.56 Å². The Hall–Kier alpha value is -2.41. The minimum atomic E-state index is -0.604. The number of pyridine rings is 1. The number of methoxy groups -OCH3 is 1. The molecule has 106 valence electrons. The van der Waals surface area contributed by atoms with Crippen LogP contribution >= 0.6 is 0 Å². The predicted octanol–water partition coefficient (Wildman–Crippen LogP) is 1.44. The zero-order valence-corrected chi connectivity index (χ0v) is 10.8. The number of nitrogens with one attached hydrogen (secondary N) is 3. The Bertz CT molecular complexity index is 684. The van der Waals surface area contributed by atoms with Gasteiger partial charge in [-0.2, -0.15) is 0 Å². The molecule has 1 aromatic carbocycles. The number of hydrogen-bond acceptors (Lipinski definition) is 3. The molecule has 0 saturated carbocycles. The normalized spacial score (nSPS) is 10.5. The van der Waals surface area contributed by atoms with E-state index in [-0.39, 0.29) is 11.1 Å². The number of aromatic amines is 1. The third-order valence-corrected chi connectivity index (χ3v) is 2.63. The zero-order valence-electron chi connectivity index (χ0n) is 10.8. The van der Waals surface area contributed by atoms with Crippen LogP contribution in [-0.4, -0.2) is 31.3 Å². The van der Waals surface area contributed by atoms with Crippen LogP contribution in [0.25, 0.3) is 10.9 Å². The lowest BCUT2D eigenvalue weighted by Crippen LogP contribution is -2.31. The van der Waals surface area contributed by atoms with Crippen LogP contribution in [0.2, 0.25) is 0 Å². The molecule has 0 saturated heterocycles. The molecule has 20 heavy (non-hydrogen) atoms. The highest BCUT2D eigenvalue weighted by Gasteiger charge is 2.07. The first-order valence-electron chi connectivity index (χ1n) is 5.96. The Morgan fingerprint density at radius 1 is 1.40 bits per heavy atom. The van der Waals surface area contributed by atoms with Gasteiger partial charge in [0.05, 0.1) is 12.1 Å². The molecular formula is C13H14FN3O3. The number of ether oxygens (including phenoxy) is 1. The molecule has 0 bridgehead atoms. The molecule has 0 atom stereocenters. The number of benzene rings is 1. The fraction of sp³-hybridized carbons (Fsp3) is 0.231. The molecule has 0 fully saturated rings. The first kappa shape index (κ1) is 14.0. The highest BCUT2D eigenvalue weighted by atomic mass is 19.1. The van der Waals surface area contributed by atoms with E-state index in [0.29, 0.717) is 24.2 Å². The summed E-state index contributed by atoms with van der Waals surface area (Å²) in [5, 5.41) is 5.56. The summed E-state index contributed by atoms with van der Waals surface area (Å²) in [6, 6.07) is 5.05. The van der Waals surface area contributed by atoms with Gasteiger partial charge in [-0.05, 0) is 18.2 Å². The number of aromatic nitrogens is 1. The van der Waals surface area contributed by atoms with E-state index in [9.17, 15) is 14.0 Å². The fourth-order valence-corrected chi connectivity index (χ4v) is 1.74. The van der Waals surface area contributed by atoms with E-state index in [0.717, 1.165) is 6.07 Å². The number of fused-ring (bicyclic) bond motifs is 1. The molecular weight excluding hydrogens is 265 g/mol. The standard InChI is InChI=1S/C13H14FN3O3/c1-20-5-4-15-13(19)16-9-6-8-2-3-11(18)17-12(8)10(14)7-9/h2-3,6-7H,4-5H2,1H3,(H,17,18)(H2,15,16,19). The molecule has 0 unspecified atom stereocenters. The molecule has 1 heterocycles. The second kappa shape index (κ2) is 6.16. The SMILES string of the molecule is COCCNC(=O)Nc1cc(F)c2[nH]c(=O)ccc2c1. The number of carbonyl (C=O) groups is 1. The van der Waals surface area contributed by atoms with Gasteiger partial charge in [-0.25, -0.2) is 9.18 Å². The number of amides is 2. The van der Waals surface area contributed by atoms with Gasteiger partial charge in [0.15, 0.2) is 0 Å². The minimum absolute atomic E-state index is 0.114. The van der Waals surface area contributed by atoms with E-state index in [1.54, 1.807) is 6.07 Å². The Balaban J connectivity index is 2.17. The third-order valence-electron chi connectivity index (χ3n) is 2.63. The lowest BCUT2D eigenvalue weighted by molar-refractivity contribution is 0.198. The van der Waals surface area contributed by atoms with E-state index >= 15 is 0 Å². The highest BCUT2D eigenvalue weighted by Crippen LogP contribution is 2.19. The first-order chi connectivity index (χ1) is 9.60. The Morgan fingerprint density at radius 2 is 2.20 bits per heavy atom. The van der Waals surface area contributed by atoms with Gasteiger partial charge in [0.1, 0.15) is 5.82 Å². The second-order valence-electron chi connectivity index (χ2n) is 4.12. The monoisotopic (exact) mass is 279 g/mol. The molecule has 6 nitrogen and oxygen atoms in total. The van der Waals surface area contributed by atoms with Crippen LogP contribution in [0.1, 0.15) is 0 Å². The smallest absolute Gasteiger partial charge is 0.319 e. The topological polar surface area (TPSA) is 83.2 Å². The first-order valence-corrected chi connectivity index (χ1v) is 5.96. The summed E-state index contributed by atoms with van der Waals surface area (Å²) < 4.78 is 18.6. The lowest BCUT2D eigenvalue weighted by Gasteiger charge is -2.08. The van der Waals surface area contributed by atoms with Crippen molar-refractivity contribution in [2.45, 2.75) is 0 Å². The summed E-state index contributed by atoms with van der Waals surface area (Å²) >= 11 is 0. The third kappa shape index (κ3) is 3.33. The van der Waals surface area contributed by atoms with Crippen molar-refractivity contribution in [2.75, 3.05) is 25.6 Å². The van der Waals surface area contributed by atoms with Gasteiger partial charge in [0, 0.05) is 30.8 Å². The fourth-order valence-electron chi connectivity index (χ4n) is 1.74. The molecule has 2 aromatic rings. The van der Waals surface area contributed by atoms with Crippen LogP contribution in [0.4, 0.5) is 14.9 Å². The van der Waals surface area contributed by atoms with Crippen LogP contribution in [-0.2, 0) is 4.74 Å². The summed E-state index contributed by atoms with van der Waals surface area (Å²) in [7, 11) is 1.53. The molecule has 0 aliphatic carbocycles.